The predicted molar refractivity (Wildman–Crippen MR) is 125 cm³/mol. The molecular formula is C26H42N2O. The molecule has 3 heteroatoms. The first kappa shape index (κ1) is 23.6. The SMILES string of the molecule is CCCCC(C)(CCC)c1ccc2nc(C(C)(CC)CCCC)c(OC)nc2c1. The Morgan fingerprint density at radius 3 is 2.00 bits per heavy atom. The number of ether oxygens (including phenoxy) is 1. The Hall–Kier alpha value is -1.64. The molecule has 0 aliphatic rings. The number of fused-ring (bicyclic) bond motifs is 1. The van der Waals surface area contributed by atoms with E-state index in [1.165, 1.54) is 50.5 Å². The average molecular weight is 399 g/mol. The van der Waals surface area contributed by atoms with Crippen LogP contribution in [0.15, 0.2) is 18.2 Å². The van der Waals surface area contributed by atoms with Crippen molar-refractivity contribution in [1.29, 1.82) is 0 Å². The summed E-state index contributed by atoms with van der Waals surface area (Å²) >= 11 is 0. The number of hydrogen-bond donors (Lipinski definition) is 0. The standard InChI is InChI=1S/C26H42N2O/c1-8-12-17-25(5,11-4)23-24(29-7)28-22-19-20(14-15-21(22)27-23)26(6,16-10-3)18-13-9-2/h14-15,19H,8-13,16-18H2,1-7H3. The zero-order valence-corrected chi connectivity index (χ0v) is 19.9. The molecular weight excluding hydrogens is 356 g/mol. The van der Waals surface area contributed by atoms with Gasteiger partial charge in [-0.1, -0.05) is 79.7 Å². The van der Waals surface area contributed by atoms with Crippen LogP contribution in [-0.2, 0) is 10.8 Å². The van der Waals surface area contributed by atoms with Crippen LogP contribution in [0.2, 0.25) is 0 Å². The van der Waals surface area contributed by atoms with E-state index < -0.39 is 0 Å². The van der Waals surface area contributed by atoms with Gasteiger partial charge in [0, 0.05) is 5.41 Å². The summed E-state index contributed by atoms with van der Waals surface area (Å²) in [6.45, 7) is 13.8. The summed E-state index contributed by atoms with van der Waals surface area (Å²) in [6.07, 6.45) is 10.6. The topological polar surface area (TPSA) is 35.0 Å². The van der Waals surface area contributed by atoms with E-state index in [1.54, 1.807) is 7.11 Å². The van der Waals surface area contributed by atoms with Crippen LogP contribution >= 0.6 is 0 Å². The number of methoxy groups -OCH3 is 1. The first-order valence-electron chi connectivity index (χ1n) is 11.7. The summed E-state index contributed by atoms with van der Waals surface area (Å²) < 4.78 is 5.75. The van der Waals surface area contributed by atoms with Gasteiger partial charge in [0.1, 0.15) is 5.69 Å². The highest BCUT2D eigenvalue weighted by Gasteiger charge is 2.31. The van der Waals surface area contributed by atoms with E-state index in [-0.39, 0.29) is 10.8 Å². The molecule has 0 bridgehead atoms. The van der Waals surface area contributed by atoms with E-state index in [9.17, 15) is 0 Å². The largest absolute Gasteiger partial charge is 0.480 e. The van der Waals surface area contributed by atoms with Crippen molar-refractivity contribution in [2.45, 2.75) is 110 Å². The first-order chi connectivity index (χ1) is 13.9. The maximum atomic E-state index is 5.75. The molecule has 0 saturated heterocycles. The Kier molecular flexibility index (Phi) is 8.48. The van der Waals surface area contributed by atoms with E-state index >= 15 is 0 Å². The summed E-state index contributed by atoms with van der Waals surface area (Å²) in [6, 6.07) is 6.72. The summed E-state index contributed by atoms with van der Waals surface area (Å²) in [7, 11) is 1.72. The highest BCUT2D eigenvalue weighted by atomic mass is 16.5. The van der Waals surface area contributed by atoms with Crippen LogP contribution in [0.25, 0.3) is 11.0 Å². The number of hydrogen-bond acceptors (Lipinski definition) is 3. The highest BCUT2D eigenvalue weighted by molar-refractivity contribution is 5.76. The van der Waals surface area contributed by atoms with Crippen molar-refractivity contribution in [2.24, 2.45) is 0 Å². The Labute approximate surface area is 178 Å². The van der Waals surface area contributed by atoms with Crippen molar-refractivity contribution in [3.05, 3.63) is 29.5 Å². The van der Waals surface area contributed by atoms with E-state index in [4.69, 9.17) is 14.7 Å². The van der Waals surface area contributed by atoms with Crippen molar-refractivity contribution in [1.82, 2.24) is 9.97 Å². The molecule has 2 rings (SSSR count). The fraction of sp³-hybridized carbons (Fsp3) is 0.692. The lowest BCUT2D eigenvalue weighted by Gasteiger charge is -2.31. The molecule has 0 N–H and O–H groups in total. The van der Waals surface area contributed by atoms with Crippen LogP contribution < -0.4 is 4.74 Å². The maximum Gasteiger partial charge on any atom is 0.236 e. The molecule has 2 aromatic rings. The van der Waals surface area contributed by atoms with Gasteiger partial charge in [-0.3, -0.25) is 0 Å². The summed E-state index contributed by atoms with van der Waals surface area (Å²) in [5.41, 5.74) is 4.53. The van der Waals surface area contributed by atoms with Crippen molar-refractivity contribution in [3.8, 4) is 5.88 Å². The molecule has 0 amide bonds. The van der Waals surface area contributed by atoms with Gasteiger partial charge in [-0.05, 0) is 48.8 Å². The van der Waals surface area contributed by atoms with Gasteiger partial charge in [0.25, 0.3) is 0 Å². The molecule has 2 unspecified atom stereocenters. The Bertz CT molecular complexity index is 788. The number of unbranched alkanes of at least 4 members (excludes halogenated alkanes) is 2. The molecule has 0 spiro atoms. The molecule has 0 aliphatic heterocycles. The summed E-state index contributed by atoms with van der Waals surface area (Å²) in [5.74, 6) is 0.695. The molecule has 3 nitrogen and oxygen atoms in total. The third kappa shape index (κ3) is 5.29. The number of rotatable bonds is 12. The molecule has 1 aromatic heterocycles. The van der Waals surface area contributed by atoms with Gasteiger partial charge >= 0.3 is 0 Å². The molecule has 1 heterocycles. The van der Waals surface area contributed by atoms with Crippen molar-refractivity contribution >= 4 is 11.0 Å². The second-order valence-corrected chi connectivity index (χ2v) is 9.22. The van der Waals surface area contributed by atoms with Crippen molar-refractivity contribution in [2.75, 3.05) is 7.11 Å². The quantitative estimate of drug-likeness (QED) is 0.366. The smallest absolute Gasteiger partial charge is 0.236 e. The molecule has 29 heavy (non-hydrogen) atoms. The fourth-order valence-corrected chi connectivity index (χ4v) is 4.51. The average Bonchev–Trinajstić information content (AvgIpc) is 2.74. The lowest BCUT2D eigenvalue weighted by atomic mass is 9.75. The highest BCUT2D eigenvalue weighted by Crippen LogP contribution is 2.39. The molecule has 2 atom stereocenters. The zero-order valence-electron chi connectivity index (χ0n) is 19.9. The lowest BCUT2D eigenvalue weighted by molar-refractivity contribution is 0.341. The second-order valence-electron chi connectivity index (χ2n) is 9.22. The third-order valence-corrected chi connectivity index (χ3v) is 6.84. The summed E-state index contributed by atoms with van der Waals surface area (Å²) in [5, 5.41) is 0. The number of aromatic nitrogens is 2. The Morgan fingerprint density at radius 2 is 1.45 bits per heavy atom. The van der Waals surface area contributed by atoms with Crippen molar-refractivity contribution in [3.63, 3.8) is 0 Å². The monoisotopic (exact) mass is 398 g/mol. The number of nitrogens with zero attached hydrogens (tertiary/aromatic N) is 2. The minimum absolute atomic E-state index is 0.000927. The Balaban J connectivity index is 2.54. The van der Waals surface area contributed by atoms with E-state index in [2.05, 4.69) is 59.7 Å². The van der Waals surface area contributed by atoms with Crippen LogP contribution in [0.5, 0.6) is 5.88 Å². The van der Waals surface area contributed by atoms with Gasteiger partial charge < -0.3 is 4.74 Å². The Morgan fingerprint density at radius 1 is 0.793 bits per heavy atom. The fourth-order valence-electron chi connectivity index (χ4n) is 4.51. The molecule has 0 fully saturated rings. The van der Waals surface area contributed by atoms with Crippen molar-refractivity contribution < 1.29 is 4.74 Å². The van der Waals surface area contributed by atoms with Crippen LogP contribution in [0.3, 0.4) is 0 Å². The van der Waals surface area contributed by atoms with Crippen LogP contribution in [-0.4, -0.2) is 17.1 Å². The molecule has 0 saturated carbocycles. The van der Waals surface area contributed by atoms with E-state index in [0.717, 1.165) is 29.6 Å². The summed E-state index contributed by atoms with van der Waals surface area (Å²) in [4.78, 5) is 10.0. The normalized spacial score (nSPS) is 15.8. The van der Waals surface area contributed by atoms with E-state index in [1.807, 2.05) is 0 Å². The van der Waals surface area contributed by atoms with Gasteiger partial charge in [-0.25, -0.2) is 9.97 Å². The molecule has 1 aromatic carbocycles. The van der Waals surface area contributed by atoms with Gasteiger partial charge in [0.15, 0.2) is 0 Å². The lowest BCUT2D eigenvalue weighted by Crippen LogP contribution is -2.24. The van der Waals surface area contributed by atoms with Gasteiger partial charge in [-0.2, -0.15) is 0 Å². The van der Waals surface area contributed by atoms with Gasteiger partial charge in [0.2, 0.25) is 5.88 Å². The molecule has 162 valence electrons. The number of benzene rings is 1. The predicted octanol–water partition coefficient (Wildman–Crippen LogP) is 7.74. The third-order valence-electron chi connectivity index (χ3n) is 6.84. The second kappa shape index (κ2) is 10.4. The van der Waals surface area contributed by atoms with Gasteiger partial charge in [-0.15, -0.1) is 0 Å². The first-order valence-corrected chi connectivity index (χ1v) is 11.7. The zero-order chi connectivity index (χ0) is 21.5. The van der Waals surface area contributed by atoms with E-state index in [0.29, 0.717) is 5.88 Å². The molecule has 0 aliphatic carbocycles. The van der Waals surface area contributed by atoms with Gasteiger partial charge in [0.05, 0.1) is 18.1 Å². The minimum Gasteiger partial charge on any atom is -0.480 e. The molecule has 0 radical (unpaired) electrons. The minimum atomic E-state index is -0.000927. The van der Waals surface area contributed by atoms with Crippen LogP contribution in [0, 0.1) is 0 Å². The van der Waals surface area contributed by atoms with Crippen LogP contribution in [0.1, 0.15) is 111 Å². The van der Waals surface area contributed by atoms with Crippen LogP contribution in [0.4, 0.5) is 0 Å². The maximum absolute atomic E-state index is 5.75.